The summed E-state index contributed by atoms with van der Waals surface area (Å²) in [6.45, 7) is 6.33. The number of hydrogen-bond donors (Lipinski definition) is 0. The van der Waals surface area contributed by atoms with E-state index in [-0.39, 0.29) is 23.8 Å². The summed E-state index contributed by atoms with van der Waals surface area (Å²) in [7, 11) is 0. The molecule has 0 aromatic heterocycles. The van der Waals surface area contributed by atoms with Crippen LogP contribution < -0.4 is 0 Å². The summed E-state index contributed by atoms with van der Waals surface area (Å²) in [6, 6.07) is 5.85. The van der Waals surface area contributed by atoms with E-state index in [0.717, 1.165) is 47.7 Å². The van der Waals surface area contributed by atoms with Gasteiger partial charge in [0, 0.05) is 28.5 Å². The number of amides is 1. The molecule has 1 saturated heterocycles. The first-order chi connectivity index (χ1) is 12.3. The highest BCUT2D eigenvalue weighted by atomic mass is 79.9. The van der Waals surface area contributed by atoms with E-state index < -0.39 is 5.60 Å². The summed E-state index contributed by atoms with van der Waals surface area (Å²) in [4.78, 5) is 27.8. The lowest BCUT2D eigenvalue weighted by Gasteiger charge is -2.37. The normalized spacial score (nSPS) is 24.0. The number of ketones is 1. The molecule has 142 valence electrons. The van der Waals surface area contributed by atoms with E-state index in [1.54, 1.807) is 0 Å². The van der Waals surface area contributed by atoms with Gasteiger partial charge in [0.2, 0.25) is 0 Å². The standard InChI is InChI=1S/C21H28BrNO3/c1-21(2,3)26-20(25)23-11-7-5-4-6-8-18(23)17-12-14-9-10-15(22)13-16(14)19(17)24/h9-10,13,17-18H,4-8,11-12H2,1-3H3. The molecule has 2 unspecified atom stereocenters. The van der Waals surface area contributed by atoms with Crippen molar-refractivity contribution in [2.24, 2.45) is 5.92 Å². The molecular weight excluding hydrogens is 394 g/mol. The van der Waals surface area contributed by atoms with E-state index >= 15 is 0 Å². The molecule has 5 heteroatoms. The smallest absolute Gasteiger partial charge is 0.410 e. The number of benzene rings is 1. The van der Waals surface area contributed by atoms with Gasteiger partial charge in [0.25, 0.3) is 0 Å². The van der Waals surface area contributed by atoms with Gasteiger partial charge in [0.1, 0.15) is 5.60 Å². The van der Waals surface area contributed by atoms with Crippen LogP contribution in [0.4, 0.5) is 4.79 Å². The number of halogens is 1. The zero-order valence-electron chi connectivity index (χ0n) is 15.9. The van der Waals surface area contributed by atoms with Gasteiger partial charge in [-0.1, -0.05) is 41.3 Å². The summed E-state index contributed by atoms with van der Waals surface area (Å²) in [6.07, 6.45) is 5.60. The van der Waals surface area contributed by atoms with Gasteiger partial charge >= 0.3 is 6.09 Å². The Bertz CT molecular complexity index is 695. The van der Waals surface area contributed by atoms with Gasteiger partial charge in [0.05, 0.1) is 0 Å². The molecule has 1 heterocycles. The predicted molar refractivity (Wildman–Crippen MR) is 105 cm³/mol. The second kappa shape index (κ2) is 7.71. The first-order valence-corrected chi connectivity index (χ1v) is 10.4. The Hall–Kier alpha value is -1.36. The number of carbonyl (C=O) groups is 2. The maximum Gasteiger partial charge on any atom is 0.410 e. The molecule has 3 rings (SSSR count). The van der Waals surface area contributed by atoms with Crippen molar-refractivity contribution in [3.8, 4) is 0 Å². The van der Waals surface area contributed by atoms with E-state index in [9.17, 15) is 9.59 Å². The molecule has 1 aromatic carbocycles. The second-order valence-corrected chi connectivity index (χ2v) is 9.34. The molecule has 1 fully saturated rings. The van der Waals surface area contributed by atoms with Gasteiger partial charge in [-0.2, -0.15) is 0 Å². The SMILES string of the molecule is CC(C)(C)OC(=O)N1CCCCCCC1C1Cc2ccc(Br)cc2C1=O. The summed E-state index contributed by atoms with van der Waals surface area (Å²) < 4.78 is 6.59. The van der Waals surface area contributed by atoms with E-state index in [4.69, 9.17) is 4.74 Å². The van der Waals surface area contributed by atoms with Crippen LogP contribution >= 0.6 is 15.9 Å². The lowest BCUT2D eigenvalue weighted by atomic mass is 9.88. The molecule has 1 amide bonds. The Balaban J connectivity index is 1.86. The Morgan fingerprint density at radius 3 is 2.65 bits per heavy atom. The fraction of sp³-hybridized carbons (Fsp3) is 0.619. The molecule has 0 saturated carbocycles. The monoisotopic (exact) mass is 421 g/mol. The zero-order valence-corrected chi connectivity index (χ0v) is 17.5. The fourth-order valence-corrected chi connectivity index (χ4v) is 4.43. The van der Waals surface area contributed by atoms with Crippen LogP contribution in [0.25, 0.3) is 0 Å². The van der Waals surface area contributed by atoms with Crippen molar-refractivity contribution in [2.75, 3.05) is 6.54 Å². The summed E-state index contributed by atoms with van der Waals surface area (Å²) in [5.74, 6) is 0.00495. The summed E-state index contributed by atoms with van der Waals surface area (Å²) in [5, 5.41) is 0. The topological polar surface area (TPSA) is 46.6 Å². The highest BCUT2D eigenvalue weighted by Gasteiger charge is 2.41. The van der Waals surface area contributed by atoms with E-state index in [0.29, 0.717) is 13.0 Å². The third-order valence-corrected chi connectivity index (χ3v) is 5.75. The molecule has 2 aliphatic rings. The number of nitrogens with zero attached hydrogens (tertiary/aromatic N) is 1. The van der Waals surface area contributed by atoms with Crippen molar-refractivity contribution in [2.45, 2.75) is 70.9 Å². The molecular formula is C21H28BrNO3. The molecule has 0 bridgehead atoms. The average molecular weight is 422 g/mol. The van der Waals surface area contributed by atoms with Crippen molar-refractivity contribution in [3.05, 3.63) is 33.8 Å². The Labute approximate surface area is 164 Å². The van der Waals surface area contributed by atoms with Gasteiger partial charge in [-0.25, -0.2) is 4.79 Å². The number of fused-ring (bicyclic) bond motifs is 1. The van der Waals surface area contributed by atoms with Crippen LogP contribution in [0.3, 0.4) is 0 Å². The van der Waals surface area contributed by atoms with Gasteiger partial charge in [-0.3, -0.25) is 4.79 Å². The molecule has 2 atom stereocenters. The quantitative estimate of drug-likeness (QED) is 0.611. The van der Waals surface area contributed by atoms with Gasteiger partial charge < -0.3 is 9.64 Å². The highest BCUT2D eigenvalue weighted by molar-refractivity contribution is 9.10. The Kier molecular flexibility index (Phi) is 5.75. The number of Topliss-reactive ketones (excluding diaryl/α,β-unsaturated/α-hetero) is 1. The molecule has 26 heavy (non-hydrogen) atoms. The summed E-state index contributed by atoms with van der Waals surface area (Å²) in [5.41, 5.74) is 1.36. The first kappa shape index (κ1) is 19.4. The molecule has 0 radical (unpaired) electrons. The van der Waals surface area contributed by atoms with Crippen LogP contribution in [-0.4, -0.2) is 35.0 Å². The van der Waals surface area contributed by atoms with Crippen molar-refractivity contribution in [1.29, 1.82) is 0 Å². The highest BCUT2D eigenvalue weighted by Crippen LogP contribution is 2.35. The van der Waals surface area contributed by atoms with Crippen LogP contribution in [0.5, 0.6) is 0 Å². The average Bonchev–Trinajstić information content (AvgIpc) is 2.82. The van der Waals surface area contributed by atoms with E-state index in [1.807, 2.05) is 43.9 Å². The van der Waals surface area contributed by atoms with Crippen LogP contribution in [0.2, 0.25) is 0 Å². The molecule has 1 aliphatic carbocycles. The third-order valence-electron chi connectivity index (χ3n) is 5.26. The number of rotatable bonds is 1. The predicted octanol–water partition coefficient (Wildman–Crippen LogP) is 5.37. The molecule has 4 nitrogen and oxygen atoms in total. The molecule has 1 aromatic rings. The minimum Gasteiger partial charge on any atom is -0.444 e. The lowest BCUT2D eigenvalue weighted by molar-refractivity contribution is 0.00727. The fourth-order valence-electron chi connectivity index (χ4n) is 4.07. The Morgan fingerprint density at radius 1 is 1.19 bits per heavy atom. The van der Waals surface area contributed by atoms with Crippen LogP contribution in [0.1, 0.15) is 68.8 Å². The van der Waals surface area contributed by atoms with E-state index in [2.05, 4.69) is 15.9 Å². The van der Waals surface area contributed by atoms with Gasteiger partial charge in [0.15, 0.2) is 5.78 Å². The van der Waals surface area contributed by atoms with Crippen molar-refractivity contribution < 1.29 is 14.3 Å². The van der Waals surface area contributed by atoms with Crippen LogP contribution in [-0.2, 0) is 11.2 Å². The van der Waals surface area contributed by atoms with Crippen molar-refractivity contribution >= 4 is 27.8 Å². The third kappa shape index (κ3) is 4.30. The number of hydrogen-bond acceptors (Lipinski definition) is 3. The van der Waals surface area contributed by atoms with Crippen molar-refractivity contribution in [1.82, 2.24) is 4.90 Å². The number of carbonyl (C=O) groups excluding carboxylic acids is 2. The van der Waals surface area contributed by atoms with Crippen molar-refractivity contribution in [3.63, 3.8) is 0 Å². The van der Waals surface area contributed by atoms with Crippen LogP contribution in [0, 0.1) is 5.92 Å². The minimum absolute atomic E-state index is 0.0798. The molecule has 1 aliphatic heterocycles. The molecule has 0 N–H and O–H groups in total. The van der Waals surface area contributed by atoms with Crippen LogP contribution in [0.15, 0.2) is 22.7 Å². The van der Waals surface area contributed by atoms with Gasteiger partial charge in [-0.15, -0.1) is 0 Å². The largest absolute Gasteiger partial charge is 0.444 e. The maximum absolute atomic E-state index is 13.1. The second-order valence-electron chi connectivity index (χ2n) is 8.42. The zero-order chi connectivity index (χ0) is 18.9. The molecule has 0 spiro atoms. The first-order valence-electron chi connectivity index (χ1n) is 9.58. The number of ether oxygens (including phenoxy) is 1. The lowest BCUT2D eigenvalue weighted by Crippen LogP contribution is -2.49. The summed E-state index contributed by atoms with van der Waals surface area (Å²) >= 11 is 3.46. The maximum atomic E-state index is 13.1. The van der Waals surface area contributed by atoms with E-state index in [1.165, 1.54) is 0 Å². The van der Waals surface area contributed by atoms with Gasteiger partial charge in [-0.05, 0) is 57.7 Å². The Morgan fingerprint density at radius 2 is 1.92 bits per heavy atom. The minimum atomic E-state index is -0.530. The number of likely N-dealkylation sites (tertiary alicyclic amines) is 1.